The van der Waals surface area contributed by atoms with Crippen LogP contribution in [0, 0.1) is 0 Å². The number of nitrogens with zero attached hydrogens (tertiary/aromatic N) is 1. The molecule has 1 aliphatic rings. The first kappa shape index (κ1) is 14.7. The molecule has 2 amide bonds. The molecule has 0 aromatic carbocycles. The lowest BCUT2D eigenvalue weighted by molar-refractivity contribution is -0.273. The second-order valence-electron chi connectivity index (χ2n) is 4.08. The zero-order valence-electron chi connectivity index (χ0n) is 9.35. The second kappa shape index (κ2) is 4.69. The molecule has 104 valence electrons. The minimum absolute atomic E-state index is 0.0607. The summed E-state index contributed by atoms with van der Waals surface area (Å²) in [7, 11) is 0.717. The van der Waals surface area contributed by atoms with Crippen molar-refractivity contribution in [2.75, 3.05) is 13.6 Å². The highest BCUT2D eigenvalue weighted by Crippen LogP contribution is 2.36. The first-order valence-electron chi connectivity index (χ1n) is 5.05. The van der Waals surface area contributed by atoms with Crippen LogP contribution >= 0.6 is 0 Å². The minimum Gasteiger partial charge on any atom is -0.352 e. The van der Waals surface area contributed by atoms with Gasteiger partial charge >= 0.3 is 18.0 Å². The first-order chi connectivity index (χ1) is 8.05. The Morgan fingerprint density at radius 2 is 1.72 bits per heavy atom. The summed E-state index contributed by atoms with van der Waals surface area (Å²) in [5, 5.41) is 2.37. The van der Waals surface area contributed by atoms with Gasteiger partial charge in [-0.2, -0.15) is 22.0 Å². The molecule has 0 atom stereocenters. The van der Waals surface area contributed by atoms with E-state index >= 15 is 0 Å². The molecule has 0 aliphatic heterocycles. The number of carbonyl (C=O) groups is 2. The van der Waals surface area contributed by atoms with E-state index < -0.39 is 30.5 Å². The van der Waals surface area contributed by atoms with E-state index in [4.69, 9.17) is 0 Å². The normalized spacial score (nSPS) is 16.3. The first-order valence-corrected chi connectivity index (χ1v) is 5.05. The van der Waals surface area contributed by atoms with Crippen LogP contribution < -0.4 is 5.32 Å². The van der Waals surface area contributed by atoms with Gasteiger partial charge in [-0.25, -0.2) is 0 Å². The van der Waals surface area contributed by atoms with Gasteiger partial charge in [-0.3, -0.25) is 9.59 Å². The predicted molar refractivity (Wildman–Crippen MR) is 49.8 cm³/mol. The van der Waals surface area contributed by atoms with E-state index in [2.05, 4.69) is 5.32 Å². The van der Waals surface area contributed by atoms with Crippen molar-refractivity contribution in [3.63, 3.8) is 0 Å². The van der Waals surface area contributed by atoms with Gasteiger partial charge in [-0.05, 0) is 12.8 Å². The Hall–Kier alpha value is -1.41. The highest BCUT2D eigenvalue weighted by Gasteiger charge is 2.64. The Balaban J connectivity index is 2.57. The Morgan fingerprint density at radius 3 is 2.11 bits per heavy atom. The number of hydrogen-bond donors (Lipinski definition) is 1. The average Bonchev–Trinajstić information content (AvgIpc) is 2.98. The van der Waals surface area contributed by atoms with Gasteiger partial charge in [-0.15, -0.1) is 0 Å². The monoisotopic (exact) mass is 274 g/mol. The van der Waals surface area contributed by atoms with Crippen molar-refractivity contribution in [3.05, 3.63) is 0 Å². The number of amides is 2. The van der Waals surface area contributed by atoms with Gasteiger partial charge in [-0.1, -0.05) is 0 Å². The van der Waals surface area contributed by atoms with Crippen LogP contribution in [-0.4, -0.2) is 48.4 Å². The fourth-order valence-electron chi connectivity index (χ4n) is 1.15. The number of rotatable bonds is 4. The third kappa shape index (κ3) is 3.30. The molecule has 0 aromatic heterocycles. The maximum Gasteiger partial charge on any atom is 0.463 e. The lowest BCUT2D eigenvalue weighted by Crippen LogP contribution is -2.52. The van der Waals surface area contributed by atoms with Gasteiger partial charge in [0.1, 0.15) is 0 Å². The molecule has 0 aromatic rings. The molecule has 1 N–H and O–H groups in total. The van der Waals surface area contributed by atoms with Crippen molar-refractivity contribution in [2.24, 2.45) is 0 Å². The molecule has 0 spiro atoms. The molecule has 0 unspecified atom stereocenters. The number of halogens is 5. The Kier molecular flexibility index (Phi) is 3.82. The molecule has 0 bridgehead atoms. The zero-order valence-corrected chi connectivity index (χ0v) is 9.35. The number of alkyl halides is 5. The molecule has 1 fully saturated rings. The number of nitrogens with one attached hydrogen (secondary N) is 1. The summed E-state index contributed by atoms with van der Waals surface area (Å²) >= 11 is 0. The van der Waals surface area contributed by atoms with Crippen LogP contribution in [0.4, 0.5) is 22.0 Å². The Bertz CT molecular complexity index is 351. The van der Waals surface area contributed by atoms with Gasteiger partial charge < -0.3 is 10.2 Å². The van der Waals surface area contributed by atoms with Crippen LogP contribution in [0.15, 0.2) is 0 Å². The quantitative estimate of drug-likeness (QED) is 0.775. The van der Waals surface area contributed by atoms with Crippen molar-refractivity contribution in [2.45, 2.75) is 31.0 Å². The molecule has 1 saturated carbocycles. The van der Waals surface area contributed by atoms with Crippen LogP contribution in [0.3, 0.4) is 0 Å². The van der Waals surface area contributed by atoms with Gasteiger partial charge in [0.05, 0.1) is 6.54 Å². The lowest BCUT2D eigenvalue weighted by Gasteiger charge is -2.24. The molecular formula is C9H11F5N2O2. The molecule has 1 aliphatic carbocycles. The second-order valence-corrected chi connectivity index (χ2v) is 4.08. The van der Waals surface area contributed by atoms with E-state index in [1.807, 2.05) is 0 Å². The summed E-state index contributed by atoms with van der Waals surface area (Å²) in [4.78, 5) is 22.1. The van der Waals surface area contributed by atoms with E-state index in [0.29, 0.717) is 7.05 Å². The maximum absolute atomic E-state index is 12.7. The van der Waals surface area contributed by atoms with Crippen LogP contribution in [0.2, 0.25) is 0 Å². The third-order valence-corrected chi connectivity index (χ3v) is 2.29. The van der Waals surface area contributed by atoms with Crippen LogP contribution in [0.25, 0.3) is 0 Å². The summed E-state index contributed by atoms with van der Waals surface area (Å²) in [5.74, 6) is -8.69. The third-order valence-electron chi connectivity index (χ3n) is 2.29. The molecule has 0 heterocycles. The van der Waals surface area contributed by atoms with E-state index in [9.17, 15) is 31.5 Å². The molecule has 9 heteroatoms. The van der Waals surface area contributed by atoms with Crippen LogP contribution in [-0.2, 0) is 9.59 Å². The smallest absolute Gasteiger partial charge is 0.352 e. The summed E-state index contributed by atoms with van der Waals surface area (Å²) in [6.45, 7) is -0.832. The van der Waals surface area contributed by atoms with Gasteiger partial charge in [0.15, 0.2) is 0 Å². The summed E-state index contributed by atoms with van der Waals surface area (Å²) in [6, 6.07) is -0.0656. The minimum atomic E-state index is -5.97. The summed E-state index contributed by atoms with van der Waals surface area (Å²) in [6.07, 6.45) is -4.49. The van der Waals surface area contributed by atoms with Crippen LogP contribution in [0.5, 0.6) is 0 Å². The highest BCUT2D eigenvalue weighted by atomic mass is 19.4. The van der Waals surface area contributed by atoms with Crippen molar-refractivity contribution < 1.29 is 31.5 Å². The largest absolute Gasteiger partial charge is 0.463 e. The fourth-order valence-corrected chi connectivity index (χ4v) is 1.15. The molecule has 1 rings (SSSR count). The van der Waals surface area contributed by atoms with Crippen molar-refractivity contribution >= 4 is 11.8 Å². The van der Waals surface area contributed by atoms with E-state index in [0.717, 1.165) is 12.8 Å². The van der Waals surface area contributed by atoms with Gasteiger partial charge in [0, 0.05) is 13.1 Å². The molecular weight excluding hydrogens is 263 g/mol. The maximum atomic E-state index is 12.7. The summed E-state index contributed by atoms with van der Waals surface area (Å²) in [5.41, 5.74) is 0. The topological polar surface area (TPSA) is 49.4 Å². The van der Waals surface area contributed by atoms with Crippen molar-refractivity contribution in [1.82, 2.24) is 10.2 Å². The SMILES string of the molecule is CN(CC(=O)NC1CC1)C(=O)C(F)(F)C(F)(F)F. The standard InChI is InChI=1S/C9H11F5N2O2/c1-16(4-6(17)15-5-2-3-5)7(18)8(10,11)9(12,13)14/h5H,2-4H2,1H3,(H,15,17). The van der Waals surface area contributed by atoms with Crippen LogP contribution in [0.1, 0.15) is 12.8 Å². The number of likely N-dealkylation sites (N-methyl/N-ethyl adjacent to an activating group) is 1. The molecule has 18 heavy (non-hydrogen) atoms. The average molecular weight is 274 g/mol. The number of carbonyl (C=O) groups excluding carboxylic acids is 2. The lowest BCUT2D eigenvalue weighted by atomic mass is 10.3. The van der Waals surface area contributed by atoms with Crippen molar-refractivity contribution in [3.8, 4) is 0 Å². The van der Waals surface area contributed by atoms with Gasteiger partial charge in [0.25, 0.3) is 0 Å². The van der Waals surface area contributed by atoms with Crippen molar-refractivity contribution in [1.29, 1.82) is 0 Å². The Labute approximate surface area is 99.1 Å². The zero-order chi connectivity index (χ0) is 14.1. The predicted octanol–water partition coefficient (Wildman–Crippen LogP) is 0.921. The molecule has 4 nitrogen and oxygen atoms in total. The highest BCUT2D eigenvalue weighted by molar-refractivity contribution is 5.89. The van der Waals surface area contributed by atoms with E-state index in [1.165, 1.54) is 0 Å². The van der Waals surface area contributed by atoms with E-state index in [1.54, 1.807) is 0 Å². The summed E-state index contributed by atoms with van der Waals surface area (Å²) < 4.78 is 61.0. The van der Waals surface area contributed by atoms with E-state index in [-0.39, 0.29) is 10.9 Å². The Morgan fingerprint density at radius 1 is 1.22 bits per heavy atom. The fraction of sp³-hybridized carbons (Fsp3) is 0.778. The molecule has 0 radical (unpaired) electrons. The molecule has 0 saturated heterocycles. The number of hydrogen-bond acceptors (Lipinski definition) is 2. The van der Waals surface area contributed by atoms with Gasteiger partial charge in [0.2, 0.25) is 5.91 Å².